The van der Waals surface area contributed by atoms with Gasteiger partial charge in [0.1, 0.15) is 0 Å². The van der Waals surface area contributed by atoms with E-state index in [-0.39, 0.29) is 12.5 Å². The Hall–Kier alpha value is -3.40. The summed E-state index contributed by atoms with van der Waals surface area (Å²) in [6, 6.07) is 23.9. The summed E-state index contributed by atoms with van der Waals surface area (Å²) in [5, 5.41) is 9.29. The fourth-order valence-corrected chi connectivity index (χ4v) is 2.47. The lowest BCUT2D eigenvalue weighted by atomic mass is 10.1. The van der Waals surface area contributed by atoms with E-state index in [0.29, 0.717) is 0 Å². The van der Waals surface area contributed by atoms with Crippen LogP contribution >= 0.6 is 0 Å². The lowest BCUT2D eigenvalue weighted by Gasteiger charge is -2.08. The van der Waals surface area contributed by atoms with Crippen LogP contribution in [0, 0.1) is 0 Å². The highest BCUT2D eigenvalue weighted by atomic mass is 16.2. The molecule has 3 aromatic carbocycles. The molecule has 0 saturated carbocycles. The molecule has 0 aromatic heterocycles. The first-order chi connectivity index (χ1) is 12.3. The highest BCUT2D eigenvalue weighted by Crippen LogP contribution is 2.22. The van der Waals surface area contributed by atoms with E-state index >= 15 is 0 Å². The normalized spacial score (nSPS) is 11.2. The molecule has 0 aliphatic heterocycles. The summed E-state index contributed by atoms with van der Waals surface area (Å²) in [5.41, 5.74) is 4.52. The van der Waals surface area contributed by atoms with E-state index in [1.807, 2.05) is 78.9 Å². The molecule has 0 spiro atoms. The Labute approximate surface area is 146 Å². The maximum absolute atomic E-state index is 11.9. The predicted molar refractivity (Wildman–Crippen MR) is 105 cm³/mol. The first-order valence-electron chi connectivity index (χ1n) is 8.08. The Morgan fingerprint density at radius 2 is 1.68 bits per heavy atom. The van der Waals surface area contributed by atoms with E-state index in [4.69, 9.17) is 0 Å². The van der Waals surface area contributed by atoms with Gasteiger partial charge in [-0.05, 0) is 23.1 Å². The van der Waals surface area contributed by atoms with E-state index < -0.39 is 0 Å². The van der Waals surface area contributed by atoms with Crippen molar-refractivity contribution in [2.24, 2.45) is 5.10 Å². The van der Waals surface area contributed by atoms with Gasteiger partial charge in [-0.1, -0.05) is 72.8 Å². The third-order valence-corrected chi connectivity index (χ3v) is 3.67. The average molecular weight is 329 g/mol. The van der Waals surface area contributed by atoms with Gasteiger partial charge in [0.05, 0.1) is 6.54 Å². The molecular weight excluding hydrogens is 310 g/mol. The Bertz CT molecular complexity index is 896. The second kappa shape index (κ2) is 8.45. The van der Waals surface area contributed by atoms with Crippen molar-refractivity contribution in [3.63, 3.8) is 0 Å². The number of hydrazone groups is 1. The number of hydrogen-bond acceptors (Lipinski definition) is 3. The number of carbonyl (C=O) groups is 1. The Balaban J connectivity index is 1.49. The second-order valence-corrected chi connectivity index (χ2v) is 5.46. The molecule has 0 heterocycles. The van der Waals surface area contributed by atoms with E-state index in [1.54, 1.807) is 12.3 Å². The number of hydrogen-bond donors (Lipinski definition) is 2. The standard InChI is InChI=1S/C21H19N3O/c25-21(24-23-15-7-10-17-8-2-1-3-9-17)16-22-20-14-6-12-18-11-4-5-13-19(18)20/h1-15,22H,16H2,(H,24,25). The first kappa shape index (κ1) is 16.5. The van der Waals surface area contributed by atoms with Gasteiger partial charge < -0.3 is 5.32 Å². The van der Waals surface area contributed by atoms with Crippen molar-refractivity contribution >= 4 is 34.7 Å². The zero-order valence-electron chi connectivity index (χ0n) is 13.7. The number of anilines is 1. The number of amides is 1. The maximum atomic E-state index is 11.9. The van der Waals surface area contributed by atoms with Crippen LogP contribution in [0.25, 0.3) is 16.8 Å². The van der Waals surface area contributed by atoms with E-state index in [2.05, 4.69) is 15.8 Å². The van der Waals surface area contributed by atoms with Crippen molar-refractivity contribution in [1.29, 1.82) is 0 Å². The van der Waals surface area contributed by atoms with Crippen LogP contribution in [-0.2, 0) is 4.79 Å². The molecule has 0 aliphatic rings. The summed E-state index contributed by atoms with van der Waals surface area (Å²) in [4.78, 5) is 11.9. The quantitative estimate of drug-likeness (QED) is 0.529. The topological polar surface area (TPSA) is 53.5 Å². The second-order valence-electron chi connectivity index (χ2n) is 5.46. The van der Waals surface area contributed by atoms with Crippen molar-refractivity contribution in [2.75, 3.05) is 11.9 Å². The minimum Gasteiger partial charge on any atom is -0.376 e. The summed E-state index contributed by atoms with van der Waals surface area (Å²) in [6.45, 7) is 0.160. The molecule has 0 fully saturated rings. The maximum Gasteiger partial charge on any atom is 0.259 e. The molecule has 0 radical (unpaired) electrons. The van der Waals surface area contributed by atoms with Gasteiger partial charge in [-0.15, -0.1) is 0 Å². The lowest BCUT2D eigenvalue weighted by molar-refractivity contribution is -0.119. The molecule has 3 aromatic rings. The molecule has 124 valence electrons. The van der Waals surface area contributed by atoms with Crippen LogP contribution in [0.3, 0.4) is 0 Å². The van der Waals surface area contributed by atoms with Crippen LogP contribution in [-0.4, -0.2) is 18.7 Å². The summed E-state index contributed by atoms with van der Waals surface area (Å²) < 4.78 is 0. The van der Waals surface area contributed by atoms with Crippen molar-refractivity contribution in [3.05, 3.63) is 84.4 Å². The third-order valence-electron chi connectivity index (χ3n) is 3.67. The molecule has 0 aliphatic carbocycles. The van der Waals surface area contributed by atoms with Gasteiger partial charge in [0.15, 0.2) is 0 Å². The summed E-state index contributed by atoms with van der Waals surface area (Å²) >= 11 is 0. The van der Waals surface area contributed by atoms with Gasteiger partial charge in [-0.3, -0.25) is 4.79 Å². The highest BCUT2D eigenvalue weighted by Gasteiger charge is 2.02. The smallest absolute Gasteiger partial charge is 0.259 e. The van der Waals surface area contributed by atoms with Crippen molar-refractivity contribution in [2.45, 2.75) is 0 Å². The molecule has 25 heavy (non-hydrogen) atoms. The minimum absolute atomic E-state index is 0.160. The van der Waals surface area contributed by atoms with Crippen molar-refractivity contribution < 1.29 is 4.79 Å². The van der Waals surface area contributed by atoms with Gasteiger partial charge in [-0.25, -0.2) is 5.43 Å². The van der Waals surface area contributed by atoms with Gasteiger partial charge >= 0.3 is 0 Å². The molecule has 3 rings (SSSR count). The monoisotopic (exact) mass is 329 g/mol. The fraction of sp³-hybridized carbons (Fsp3) is 0.0476. The van der Waals surface area contributed by atoms with Crippen LogP contribution in [0.15, 0.2) is 84.0 Å². The van der Waals surface area contributed by atoms with Gasteiger partial charge in [0.25, 0.3) is 5.91 Å². The van der Waals surface area contributed by atoms with Crippen LogP contribution < -0.4 is 10.7 Å². The van der Waals surface area contributed by atoms with Crippen LogP contribution in [0.1, 0.15) is 5.56 Å². The summed E-state index contributed by atoms with van der Waals surface area (Å²) in [6.07, 6.45) is 5.26. The number of benzene rings is 3. The number of rotatable bonds is 6. The molecular formula is C21H19N3O. The molecule has 0 saturated heterocycles. The number of fused-ring (bicyclic) bond motifs is 1. The van der Waals surface area contributed by atoms with Gasteiger partial charge in [-0.2, -0.15) is 5.10 Å². The fourth-order valence-electron chi connectivity index (χ4n) is 2.47. The minimum atomic E-state index is -0.197. The van der Waals surface area contributed by atoms with Gasteiger partial charge in [0.2, 0.25) is 0 Å². The van der Waals surface area contributed by atoms with E-state index in [9.17, 15) is 4.79 Å². The van der Waals surface area contributed by atoms with Crippen LogP contribution in [0.2, 0.25) is 0 Å². The van der Waals surface area contributed by atoms with E-state index in [0.717, 1.165) is 22.0 Å². The lowest BCUT2D eigenvalue weighted by Crippen LogP contribution is -2.25. The first-order valence-corrected chi connectivity index (χ1v) is 8.08. The Kier molecular flexibility index (Phi) is 5.56. The molecule has 4 heteroatoms. The molecule has 0 unspecified atom stereocenters. The number of nitrogens with zero attached hydrogens (tertiary/aromatic N) is 1. The Morgan fingerprint density at radius 1 is 0.920 bits per heavy atom. The Morgan fingerprint density at radius 3 is 2.56 bits per heavy atom. The summed E-state index contributed by atoms with van der Waals surface area (Å²) in [7, 11) is 0. The highest BCUT2D eigenvalue weighted by molar-refractivity contribution is 5.95. The molecule has 0 atom stereocenters. The van der Waals surface area contributed by atoms with E-state index in [1.165, 1.54) is 0 Å². The average Bonchev–Trinajstić information content (AvgIpc) is 2.67. The predicted octanol–water partition coefficient (Wildman–Crippen LogP) is 4.07. The number of nitrogens with one attached hydrogen (secondary N) is 2. The largest absolute Gasteiger partial charge is 0.376 e. The van der Waals surface area contributed by atoms with Gasteiger partial charge in [0, 0.05) is 17.3 Å². The zero-order valence-corrected chi connectivity index (χ0v) is 13.7. The molecule has 1 amide bonds. The number of allylic oxidation sites excluding steroid dienone is 1. The van der Waals surface area contributed by atoms with Crippen molar-refractivity contribution in [1.82, 2.24) is 5.43 Å². The summed E-state index contributed by atoms with van der Waals surface area (Å²) in [5.74, 6) is -0.197. The third kappa shape index (κ3) is 4.78. The zero-order chi connectivity index (χ0) is 17.3. The molecule has 0 bridgehead atoms. The van der Waals surface area contributed by atoms with Crippen LogP contribution in [0.4, 0.5) is 5.69 Å². The number of carbonyl (C=O) groups excluding carboxylic acids is 1. The molecule has 2 N–H and O–H groups in total. The van der Waals surface area contributed by atoms with Crippen LogP contribution in [0.5, 0.6) is 0 Å². The van der Waals surface area contributed by atoms with Crippen molar-refractivity contribution in [3.8, 4) is 0 Å². The SMILES string of the molecule is O=C(CNc1cccc2ccccc12)NN=CC=Cc1ccccc1. The molecule has 4 nitrogen and oxygen atoms in total.